The molecule has 1 aliphatic heterocycles. The zero-order valence-corrected chi connectivity index (χ0v) is 10.00. The van der Waals surface area contributed by atoms with Crippen LogP contribution >= 0.6 is 0 Å². The van der Waals surface area contributed by atoms with Gasteiger partial charge in [0.2, 0.25) is 0 Å². The van der Waals surface area contributed by atoms with Crippen LogP contribution in [0.3, 0.4) is 0 Å². The molecule has 1 amide bonds. The Morgan fingerprint density at radius 3 is 3.00 bits per heavy atom. The molecule has 7 heteroatoms. The van der Waals surface area contributed by atoms with Crippen LogP contribution in [0.15, 0.2) is 12.3 Å². The number of hydrogen-bond acceptors (Lipinski definition) is 4. The van der Waals surface area contributed by atoms with Gasteiger partial charge in [0.05, 0.1) is 12.6 Å². The Kier molecular flexibility index (Phi) is 3.61. The van der Waals surface area contributed by atoms with Crippen molar-refractivity contribution in [3.63, 3.8) is 0 Å². The van der Waals surface area contributed by atoms with Crippen molar-refractivity contribution in [2.24, 2.45) is 0 Å². The first-order valence-electron chi connectivity index (χ1n) is 5.74. The lowest BCUT2D eigenvalue weighted by atomic mass is 10.2. The highest BCUT2D eigenvalue weighted by atomic mass is 16.5. The van der Waals surface area contributed by atoms with Gasteiger partial charge in [-0.25, -0.2) is 4.79 Å². The summed E-state index contributed by atoms with van der Waals surface area (Å²) < 4.78 is 6.96. The van der Waals surface area contributed by atoms with E-state index in [1.165, 1.54) is 0 Å². The third-order valence-electron chi connectivity index (χ3n) is 2.87. The summed E-state index contributed by atoms with van der Waals surface area (Å²) in [6, 6.07) is 1.61. The molecule has 2 N–H and O–H groups in total. The maximum absolute atomic E-state index is 11.3. The van der Waals surface area contributed by atoms with Gasteiger partial charge in [0.15, 0.2) is 6.10 Å². The summed E-state index contributed by atoms with van der Waals surface area (Å²) in [4.78, 5) is 22.0. The molecular weight excluding hydrogens is 238 g/mol. The number of rotatable bonds is 4. The molecule has 2 heterocycles. The molecule has 2 unspecified atom stereocenters. The summed E-state index contributed by atoms with van der Waals surface area (Å²) in [5.41, 5.74) is 0.338. The third kappa shape index (κ3) is 2.67. The van der Waals surface area contributed by atoms with Gasteiger partial charge in [-0.15, -0.1) is 0 Å². The number of amides is 1. The Hall–Kier alpha value is -1.89. The zero-order chi connectivity index (χ0) is 13.1. The first-order chi connectivity index (χ1) is 8.60. The van der Waals surface area contributed by atoms with Gasteiger partial charge in [0.25, 0.3) is 5.91 Å². The molecule has 1 aromatic heterocycles. The van der Waals surface area contributed by atoms with Gasteiger partial charge in [0, 0.05) is 13.2 Å². The second-order valence-electron chi connectivity index (χ2n) is 4.16. The molecule has 1 fully saturated rings. The van der Waals surface area contributed by atoms with Crippen molar-refractivity contribution in [3.8, 4) is 0 Å². The molecule has 0 aromatic carbocycles. The van der Waals surface area contributed by atoms with Gasteiger partial charge < -0.3 is 15.2 Å². The fourth-order valence-corrected chi connectivity index (χ4v) is 1.94. The Bertz CT molecular complexity index is 457. The highest BCUT2D eigenvalue weighted by Gasteiger charge is 2.30. The molecule has 1 aliphatic rings. The van der Waals surface area contributed by atoms with E-state index in [0.717, 1.165) is 0 Å². The molecule has 1 saturated heterocycles. The van der Waals surface area contributed by atoms with Gasteiger partial charge in [-0.1, -0.05) is 0 Å². The van der Waals surface area contributed by atoms with Gasteiger partial charge in [-0.2, -0.15) is 5.10 Å². The van der Waals surface area contributed by atoms with Crippen LogP contribution in [0.1, 0.15) is 23.3 Å². The summed E-state index contributed by atoms with van der Waals surface area (Å²) in [6.45, 7) is 0.459. The minimum Gasteiger partial charge on any atom is -0.479 e. The van der Waals surface area contributed by atoms with Crippen LogP contribution in [0.4, 0.5) is 0 Å². The average Bonchev–Trinajstić information content (AvgIpc) is 2.98. The first kappa shape index (κ1) is 12.6. The van der Waals surface area contributed by atoms with Crippen LogP contribution in [0, 0.1) is 0 Å². The fourth-order valence-electron chi connectivity index (χ4n) is 1.94. The lowest BCUT2D eigenvalue weighted by Crippen LogP contribution is -2.23. The number of ether oxygens (including phenoxy) is 1. The van der Waals surface area contributed by atoms with E-state index in [2.05, 4.69) is 10.4 Å². The average molecular weight is 253 g/mol. The standard InChI is InChI=1S/C11H15N3O4/c1-12-10(15)8-4-5-14(13-8)6-7-2-3-9(18-7)11(16)17/h4-5,7,9H,2-3,6H2,1H3,(H,12,15)(H,16,17). The summed E-state index contributed by atoms with van der Waals surface area (Å²) in [7, 11) is 1.54. The van der Waals surface area contributed by atoms with Crippen molar-refractivity contribution in [1.82, 2.24) is 15.1 Å². The summed E-state index contributed by atoms with van der Waals surface area (Å²) >= 11 is 0. The number of nitrogens with zero attached hydrogens (tertiary/aromatic N) is 2. The van der Waals surface area contributed by atoms with E-state index < -0.39 is 12.1 Å². The van der Waals surface area contributed by atoms with Crippen molar-refractivity contribution >= 4 is 11.9 Å². The minimum absolute atomic E-state index is 0.163. The monoisotopic (exact) mass is 253 g/mol. The van der Waals surface area contributed by atoms with Crippen LogP contribution < -0.4 is 5.32 Å². The van der Waals surface area contributed by atoms with Crippen molar-refractivity contribution < 1.29 is 19.4 Å². The molecule has 0 bridgehead atoms. The smallest absolute Gasteiger partial charge is 0.332 e. The predicted molar refractivity (Wildman–Crippen MR) is 61.1 cm³/mol. The zero-order valence-electron chi connectivity index (χ0n) is 10.00. The normalized spacial score (nSPS) is 22.9. The quantitative estimate of drug-likeness (QED) is 0.780. The second-order valence-corrected chi connectivity index (χ2v) is 4.16. The molecule has 7 nitrogen and oxygen atoms in total. The van der Waals surface area contributed by atoms with Gasteiger partial charge in [-0.05, 0) is 18.9 Å². The van der Waals surface area contributed by atoms with Crippen LogP contribution in [-0.4, -0.2) is 46.0 Å². The van der Waals surface area contributed by atoms with E-state index in [1.54, 1.807) is 24.0 Å². The van der Waals surface area contributed by atoms with Crippen molar-refractivity contribution in [2.75, 3.05) is 7.05 Å². The van der Waals surface area contributed by atoms with Crippen LogP contribution in [0.25, 0.3) is 0 Å². The summed E-state index contributed by atoms with van der Waals surface area (Å²) in [6.07, 6.45) is 2.00. The first-order valence-corrected chi connectivity index (χ1v) is 5.74. The number of hydrogen-bond donors (Lipinski definition) is 2. The van der Waals surface area contributed by atoms with Crippen LogP contribution in [0.2, 0.25) is 0 Å². The Balaban J connectivity index is 1.93. The van der Waals surface area contributed by atoms with Crippen LogP contribution in [0.5, 0.6) is 0 Å². The largest absolute Gasteiger partial charge is 0.479 e. The Morgan fingerprint density at radius 2 is 2.39 bits per heavy atom. The molecule has 2 rings (SSSR count). The van der Waals surface area contributed by atoms with Crippen LogP contribution in [-0.2, 0) is 16.1 Å². The van der Waals surface area contributed by atoms with E-state index >= 15 is 0 Å². The number of aromatic nitrogens is 2. The number of carboxylic acids is 1. The maximum atomic E-state index is 11.3. The lowest BCUT2D eigenvalue weighted by Gasteiger charge is -2.10. The molecule has 0 radical (unpaired) electrons. The Labute approximate surface area is 104 Å². The fraction of sp³-hybridized carbons (Fsp3) is 0.545. The van der Waals surface area contributed by atoms with Gasteiger partial charge in [0.1, 0.15) is 5.69 Å². The molecule has 98 valence electrons. The Morgan fingerprint density at radius 1 is 1.61 bits per heavy atom. The number of carboxylic acid groups (broad SMARTS) is 1. The van der Waals surface area contributed by atoms with E-state index in [4.69, 9.17) is 9.84 Å². The number of carbonyl (C=O) groups is 2. The molecule has 0 saturated carbocycles. The summed E-state index contributed by atoms with van der Waals surface area (Å²) in [5.74, 6) is -1.17. The third-order valence-corrected chi connectivity index (χ3v) is 2.87. The number of carbonyl (C=O) groups excluding carboxylic acids is 1. The van der Waals surface area contributed by atoms with E-state index in [1.807, 2.05) is 0 Å². The lowest BCUT2D eigenvalue weighted by molar-refractivity contribution is -0.149. The number of aliphatic carboxylic acids is 1. The number of nitrogens with one attached hydrogen (secondary N) is 1. The molecule has 0 aliphatic carbocycles. The van der Waals surface area contributed by atoms with Crippen molar-refractivity contribution in [1.29, 1.82) is 0 Å². The van der Waals surface area contributed by atoms with Crippen molar-refractivity contribution in [2.45, 2.75) is 31.6 Å². The van der Waals surface area contributed by atoms with Gasteiger partial charge in [-0.3, -0.25) is 9.48 Å². The second kappa shape index (κ2) is 5.18. The maximum Gasteiger partial charge on any atom is 0.332 e. The molecular formula is C11H15N3O4. The molecule has 2 atom stereocenters. The van der Waals surface area contributed by atoms with E-state index in [-0.39, 0.29) is 12.0 Å². The molecule has 0 spiro atoms. The molecule has 18 heavy (non-hydrogen) atoms. The topological polar surface area (TPSA) is 93.5 Å². The van der Waals surface area contributed by atoms with E-state index in [0.29, 0.717) is 25.1 Å². The summed E-state index contributed by atoms with van der Waals surface area (Å²) in [5, 5.41) is 15.4. The minimum atomic E-state index is -0.927. The highest BCUT2D eigenvalue weighted by molar-refractivity contribution is 5.91. The molecule has 1 aromatic rings. The highest BCUT2D eigenvalue weighted by Crippen LogP contribution is 2.21. The predicted octanol–water partition coefficient (Wildman–Crippen LogP) is -0.125. The van der Waals surface area contributed by atoms with Crippen molar-refractivity contribution in [3.05, 3.63) is 18.0 Å². The SMILES string of the molecule is CNC(=O)c1ccn(CC2CCC(C(=O)O)O2)n1. The van der Waals surface area contributed by atoms with Gasteiger partial charge >= 0.3 is 5.97 Å². The van der Waals surface area contributed by atoms with E-state index in [9.17, 15) is 9.59 Å².